The molecule has 1 saturated heterocycles. The van der Waals surface area contributed by atoms with Crippen LogP contribution in [0.1, 0.15) is 27.7 Å². The standard InChI is InChI=1S/C24H22N2O5S/c1-13-14(2)32-24(25-13)26-20(16-6-5-7-18(12-16)31-4)19(22(28)23(26)29)21(27)15-8-10-17(30-3)11-9-15/h5-12,20,27H,1-4H3/b21-19-. The Kier molecular flexibility index (Phi) is 5.71. The molecule has 1 amide bonds. The minimum absolute atomic E-state index is 0.000994. The van der Waals surface area contributed by atoms with E-state index < -0.39 is 17.7 Å². The predicted octanol–water partition coefficient (Wildman–Crippen LogP) is 4.40. The number of thiazole rings is 1. The first-order valence-electron chi connectivity index (χ1n) is 9.89. The number of nitrogens with zero attached hydrogens (tertiary/aromatic N) is 2. The van der Waals surface area contributed by atoms with Gasteiger partial charge in [0, 0.05) is 10.4 Å². The van der Waals surface area contributed by atoms with Crippen molar-refractivity contribution in [3.05, 3.63) is 75.8 Å². The fraction of sp³-hybridized carbons (Fsp3) is 0.208. The summed E-state index contributed by atoms with van der Waals surface area (Å²) >= 11 is 1.33. The van der Waals surface area contributed by atoms with Crippen molar-refractivity contribution >= 4 is 33.9 Å². The van der Waals surface area contributed by atoms with E-state index in [-0.39, 0.29) is 11.3 Å². The first-order valence-corrected chi connectivity index (χ1v) is 10.7. The summed E-state index contributed by atoms with van der Waals surface area (Å²) < 4.78 is 10.5. The number of anilines is 1. The maximum absolute atomic E-state index is 13.2. The number of aliphatic hydroxyl groups excluding tert-OH is 1. The van der Waals surface area contributed by atoms with Crippen LogP contribution in [-0.2, 0) is 9.59 Å². The van der Waals surface area contributed by atoms with Crippen LogP contribution < -0.4 is 14.4 Å². The maximum Gasteiger partial charge on any atom is 0.301 e. The molecular weight excluding hydrogens is 428 g/mol. The first kappa shape index (κ1) is 21.6. The molecular formula is C24H22N2O5S. The topological polar surface area (TPSA) is 89.0 Å². The Morgan fingerprint density at radius 3 is 2.31 bits per heavy atom. The second-order valence-corrected chi connectivity index (χ2v) is 8.49. The van der Waals surface area contributed by atoms with Gasteiger partial charge in [0.1, 0.15) is 17.3 Å². The first-order chi connectivity index (χ1) is 15.3. The van der Waals surface area contributed by atoms with Gasteiger partial charge in [0.15, 0.2) is 5.13 Å². The predicted molar refractivity (Wildman–Crippen MR) is 122 cm³/mol. The second-order valence-electron chi connectivity index (χ2n) is 7.31. The van der Waals surface area contributed by atoms with Gasteiger partial charge in [-0.15, -0.1) is 11.3 Å². The van der Waals surface area contributed by atoms with E-state index in [4.69, 9.17) is 9.47 Å². The number of Topliss-reactive ketones (excluding diaryl/α,β-unsaturated/α-hetero) is 1. The van der Waals surface area contributed by atoms with Crippen LogP contribution in [-0.4, -0.2) is 36.0 Å². The molecule has 1 atom stereocenters. The van der Waals surface area contributed by atoms with Crippen LogP contribution in [0.25, 0.3) is 5.76 Å². The van der Waals surface area contributed by atoms with Crippen molar-refractivity contribution in [3.63, 3.8) is 0 Å². The van der Waals surface area contributed by atoms with Gasteiger partial charge in [-0.3, -0.25) is 14.5 Å². The lowest BCUT2D eigenvalue weighted by atomic mass is 9.95. The highest BCUT2D eigenvalue weighted by atomic mass is 32.1. The van der Waals surface area contributed by atoms with Gasteiger partial charge in [-0.2, -0.15) is 0 Å². The molecule has 2 heterocycles. The number of benzene rings is 2. The quantitative estimate of drug-likeness (QED) is 0.352. The van der Waals surface area contributed by atoms with Crippen molar-refractivity contribution in [2.45, 2.75) is 19.9 Å². The zero-order valence-electron chi connectivity index (χ0n) is 18.1. The van der Waals surface area contributed by atoms with Crippen molar-refractivity contribution in [3.8, 4) is 11.5 Å². The smallest absolute Gasteiger partial charge is 0.301 e. The Balaban J connectivity index is 1.93. The van der Waals surface area contributed by atoms with Crippen molar-refractivity contribution in [1.29, 1.82) is 0 Å². The van der Waals surface area contributed by atoms with E-state index in [1.54, 1.807) is 62.8 Å². The number of rotatable bonds is 5. The van der Waals surface area contributed by atoms with Gasteiger partial charge in [-0.05, 0) is 55.8 Å². The largest absolute Gasteiger partial charge is 0.507 e. The summed E-state index contributed by atoms with van der Waals surface area (Å²) in [6.07, 6.45) is 0. The molecule has 0 saturated carbocycles. The van der Waals surface area contributed by atoms with Gasteiger partial charge in [-0.1, -0.05) is 12.1 Å². The molecule has 2 aromatic carbocycles. The van der Waals surface area contributed by atoms with Gasteiger partial charge >= 0.3 is 5.91 Å². The van der Waals surface area contributed by atoms with E-state index >= 15 is 0 Å². The van der Waals surface area contributed by atoms with E-state index in [0.717, 1.165) is 10.6 Å². The molecule has 0 aliphatic carbocycles. The highest BCUT2D eigenvalue weighted by Gasteiger charge is 2.48. The monoisotopic (exact) mass is 450 g/mol. The van der Waals surface area contributed by atoms with Crippen LogP contribution in [0.4, 0.5) is 5.13 Å². The Morgan fingerprint density at radius 1 is 1.03 bits per heavy atom. The summed E-state index contributed by atoms with van der Waals surface area (Å²) in [4.78, 5) is 33.1. The molecule has 1 N–H and O–H groups in total. The highest BCUT2D eigenvalue weighted by Crippen LogP contribution is 2.44. The normalized spacial score (nSPS) is 17.6. The van der Waals surface area contributed by atoms with E-state index in [9.17, 15) is 14.7 Å². The third-order valence-electron chi connectivity index (χ3n) is 5.44. The molecule has 0 bridgehead atoms. The number of carbonyl (C=O) groups excluding carboxylic acids is 2. The summed E-state index contributed by atoms with van der Waals surface area (Å²) in [5.41, 5.74) is 1.82. The Labute approximate surface area is 189 Å². The maximum atomic E-state index is 13.2. The number of hydrogen-bond acceptors (Lipinski definition) is 7. The number of carbonyl (C=O) groups is 2. The molecule has 164 valence electrons. The van der Waals surface area contributed by atoms with Crippen LogP contribution in [0.15, 0.2) is 54.1 Å². The summed E-state index contributed by atoms with van der Waals surface area (Å²) in [6.45, 7) is 3.76. The minimum Gasteiger partial charge on any atom is -0.507 e. The number of methoxy groups -OCH3 is 2. The molecule has 8 heteroatoms. The number of ether oxygens (including phenoxy) is 2. The summed E-state index contributed by atoms with van der Waals surface area (Å²) in [7, 11) is 3.09. The van der Waals surface area contributed by atoms with Gasteiger partial charge in [-0.25, -0.2) is 4.98 Å². The van der Waals surface area contributed by atoms with Crippen LogP contribution in [0.2, 0.25) is 0 Å². The SMILES string of the molecule is COc1ccc(/C(O)=C2/C(=O)C(=O)N(c3nc(C)c(C)s3)C2c2cccc(OC)c2)cc1. The average molecular weight is 451 g/mol. The molecule has 4 rings (SSSR count). The zero-order valence-corrected chi connectivity index (χ0v) is 18.9. The van der Waals surface area contributed by atoms with E-state index in [0.29, 0.717) is 27.8 Å². The van der Waals surface area contributed by atoms with E-state index in [1.165, 1.54) is 16.2 Å². The summed E-state index contributed by atoms with van der Waals surface area (Å²) in [5.74, 6) is -0.575. The number of aryl methyl sites for hydroxylation is 2. The van der Waals surface area contributed by atoms with Crippen LogP contribution >= 0.6 is 11.3 Å². The number of aliphatic hydroxyl groups is 1. The molecule has 0 spiro atoms. The molecule has 1 unspecified atom stereocenters. The molecule has 1 aliphatic rings. The lowest BCUT2D eigenvalue weighted by molar-refractivity contribution is -0.132. The molecule has 3 aromatic rings. The second kappa shape index (κ2) is 8.47. The zero-order chi connectivity index (χ0) is 23.0. The van der Waals surface area contributed by atoms with Crippen molar-refractivity contribution in [1.82, 2.24) is 4.98 Å². The Morgan fingerprint density at radius 2 is 1.72 bits per heavy atom. The summed E-state index contributed by atoms with van der Waals surface area (Å²) in [6, 6.07) is 12.9. The van der Waals surface area contributed by atoms with E-state index in [2.05, 4.69) is 4.98 Å². The molecule has 0 radical (unpaired) electrons. The number of amides is 1. The average Bonchev–Trinajstić information content (AvgIpc) is 3.28. The lowest BCUT2D eigenvalue weighted by Crippen LogP contribution is -2.29. The fourth-order valence-corrected chi connectivity index (χ4v) is 4.56. The Hall–Kier alpha value is -3.65. The van der Waals surface area contributed by atoms with Crippen LogP contribution in [0, 0.1) is 13.8 Å². The fourth-order valence-electron chi connectivity index (χ4n) is 3.62. The van der Waals surface area contributed by atoms with Crippen molar-refractivity contribution in [2.75, 3.05) is 19.1 Å². The molecule has 1 aromatic heterocycles. The number of hydrogen-bond donors (Lipinski definition) is 1. The number of ketones is 1. The third kappa shape index (κ3) is 3.62. The van der Waals surface area contributed by atoms with E-state index in [1.807, 2.05) is 13.8 Å². The van der Waals surface area contributed by atoms with Crippen LogP contribution in [0.3, 0.4) is 0 Å². The van der Waals surface area contributed by atoms with Gasteiger partial charge < -0.3 is 14.6 Å². The van der Waals surface area contributed by atoms with Gasteiger partial charge in [0.05, 0.1) is 31.5 Å². The number of aromatic nitrogens is 1. The van der Waals surface area contributed by atoms with Gasteiger partial charge in [0.2, 0.25) is 0 Å². The van der Waals surface area contributed by atoms with Gasteiger partial charge in [0.25, 0.3) is 5.78 Å². The molecule has 32 heavy (non-hydrogen) atoms. The van der Waals surface area contributed by atoms with Crippen LogP contribution in [0.5, 0.6) is 11.5 Å². The van der Waals surface area contributed by atoms with Crippen molar-refractivity contribution < 1.29 is 24.2 Å². The van der Waals surface area contributed by atoms with Crippen molar-refractivity contribution in [2.24, 2.45) is 0 Å². The third-order valence-corrected chi connectivity index (χ3v) is 6.51. The molecule has 1 fully saturated rings. The Bertz CT molecular complexity index is 1210. The molecule has 1 aliphatic heterocycles. The molecule has 7 nitrogen and oxygen atoms in total. The lowest BCUT2D eigenvalue weighted by Gasteiger charge is -2.23. The highest BCUT2D eigenvalue weighted by molar-refractivity contribution is 7.16. The summed E-state index contributed by atoms with van der Waals surface area (Å²) in [5, 5.41) is 11.6. The minimum atomic E-state index is -0.850.